The van der Waals surface area contributed by atoms with Gasteiger partial charge in [0.2, 0.25) is 0 Å². The number of fused-ring (bicyclic) bond motifs is 1. The molecule has 0 aliphatic rings. The van der Waals surface area contributed by atoms with E-state index in [1.807, 2.05) is 73.0 Å². The summed E-state index contributed by atoms with van der Waals surface area (Å²) in [5.74, 6) is -0.0241. The predicted octanol–water partition coefficient (Wildman–Crippen LogP) is 4.26. The molecule has 1 heterocycles. The minimum Gasteiger partial charge on any atom is -0.443 e. The average Bonchev–Trinajstić information content (AvgIpc) is 2.92. The lowest BCUT2D eigenvalue weighted by Gasteiger charge is -2.18. The quantitative estimate of drug-likeness (QED) is 0.503. The Balaban J connectivity index is 2.24. The maximum absolute atomic E-state index is 13.0. The normalized spacial score (nSPS) is 12.1. The molecule has 1 atom stereocenters. The number of para-hydroxylation sites is 1. The van der Waals surface area contributed by atoms with Crippen molar-refractivity contribution in [2.45, 2.75) is 26.5 Å². The topological polar surface area (TPSA) is 48.3 Å². The molecule has 4 heteroatoms. The van der Waals surface area contributed by atoms with Gasteiger partial charge in [0.15, 0.2) is 12.0 Å². The molecule has 0 N–H and O–H groups in total. The molecule has 0 aliphatic heterocycles. The van der Waals surface area contributed by atoms with Gasteiger partial charge in [-0.3, -0.25) is 9.59 Å². The zero-order valence-electron chi connectivity index (χ0n) is 13.7. The molecular weight excluding hydrogens is 302 g/mol. The van der Waals surface area contributed by atoms with Gasteiger partial charge in [0, 0.05) is 23.1 Å². The fourth-order valence-corrected chi connectivity index (χ4v) is 3.19. The standard InChI is InChI=1S/C20H19NO3/c1-3-18(24-13-22)21-14(2)19(16-11-7-8-12-17(16)21)20(23)15-9-5-4-6-10-15/h4-13,18H,3H2,1-2H3. The molecule has 122 valence electrons. The lowest BCUT2D eigenvalue weighted by atomic mass is 10.0. The van der Waals surface area contributed by atoms with Gasteiger partial charge in [-0.05, 0) is 13.0 Å². The Hall–Kier alpha value is -2.88. The number of carbonyl (C=O) groups excluding carboxylic acids is 2. The summed E-state index contributed by atoms with van der Waals surface area (Å²) in [6, 6.07) is 16.9. The molecule has 0 amide bonds. The summed E-state index contributed by atoms with van der Waals surface area (Å²) in [6.45, 7) is 4.30. The first-order chi connectivity index (χ1) is 11.7. The van der Waals surface area contributed by atoms with Crippen molar-refractivity contribution in [3.63, 3.8) is 0 Å². The van der Waals surface area contributed by atoms with Gasteiger partial charge in [-0.25, -0.2) is 0 Å². The van der Waals surface area contributed by atoms with Gasteiger partial charge < -0.3 is 9.30 Å². The van der Waals surface area contributed by atoms with Crippen LogP contribution in [0.25, 0.3) is 10.9 Å². The molecule has 1 aromatic heterocycles. The molecule has 1 unspecified atom stereocenters. The van der Waals surface area contributed by atoms with Crippen LogP contribution in [0.2, 0.25) is 0 Å². The second-order valence-corrected chi connectivity index (χ2v) is 5.64. The highest BCUT2D eigenvalue weighted by molar-refractivity contribution is 6.17. The van der Waals surface area contributed by atoms with Crippen molar-refractivity contribution in [2.24, 2.45) is 0 Å². The summed E-state index contributed by atoms with van der Waals surface area (Å²) in [7, 11) is 0. The van der Waals surface area contributed by atoms with Crippen LogP contribution in [0.4, 0.5) is 0 Å². The Morgan fingerprint density at radius 2 is 1.79 bits per heavy atom. The average molecular weight is 321 g/mol. The zero-order valence-corrected chi connectivity index (χ0v) is 13.7. The van der Waals surface area contributed by atoms with Crippen LogP contribution in [0.5, 0.6) is 0 Å². The molecule has 0 aliphatic carbocycles. The van der Waals surface area contributed by atoms with E-state index in [0.29, 0.717) is 24.0 Å². The fraction of sp³-hybridized carbons (Fsp3) is 0.200. The van der Waals surface area contributed by atoms with E-state index in [-0.39, 0.29) is 5.78 Å². The number of carbonyl (C=O) groups is 2. The van der Waals surface area contributed by atoms with E-state index in [9.17, 15) is 9.59 Å². The third-order valence-electron chi connectivity index (χ3n) is 4.27. The summed E-state index contributed by atoms with van der Waals surface area (Å²) < 4.78 is 7.17. The molecule has 0 saturated carbocycles. The molecule has 0 fully saturated rings. The van der Waals surface area contributed by atoms with Crippen LogP contribution in [-0.2, 0) is 9.53 Å². The molecule has 0 spiro atoms. The minimum absolute atomic E-state index is 0.0241. The van der Waals surface area contributed by atoms with E-state index in [1.165, 1.54) is 0 Å². The van der Waals surface area contributed by atoms with Gasteiger partial charge in [-0.2, -0.15) is 0 Å². The molecule has 3 aromatic rings. The first kappa shape index (κ1) is 16.0. The summed E-state index contributed by atoms with van der Waals surface area (Å²) in [5.41, 5.74) is 3.00. The number of hydrogen-bond acceptors (Lipinski definition) is 3. The third-order valence-corrected chi connectivity index (χ3v) is 4.27. The Bertz CT molecular complexity index is 881. The number of hydrogen-bond donors (Lipinski definition) is 0. The van der Waals surface area contributed by atoms with Gasteiger partial charge in [0.1, 0.15) is 0 Å². The van der Waals surface area contributed by atoms with Crippen LogP contribution in [0, 0.1) is 6.92 Å². The molecule has 0 radical (unpaired) electrons. The summed E-state index contributed by atoms with van der Waals surface area (Å²) >= 11 is 0. The smallest absolute Gasteiger partial charge is 0.295 e. The molecule has 3 rings (SSSR count). The van der Waals surface area contributed by atoms with Crippen molar-refractivity contribution in [3.8, 4) is 0 Å². The number of nitrogens with zero attached hydrogens (tertiary/aromatic N) is 1. The molecule has 4 nitrogen and oxygen atoms in total. The number of ketones is 1. The number of ether oxygens (including phenoxy) is 1. The summed E-state index contributed by atoms with van der Waals surface area (Å²) in [5, 5.41) is 0.872. The largest absolute Gasteiger partial charge is 0.443 e. The van der Waals surface area contributed by atoms with Gasteiger partial charge in [-0.15, -0.1) is 0 Å². The van der Waals surface area contributed by atoms with E-state index >= 15 is 0 Å². The Morgan fingerprint density at radius 3 is 2.46 bits per heavy atom. The van der Waals surface area contributed by atoms with Crippen LogP contribution in [0.3, 0.4) is 0 Å². The van der Waals surface area contributed by atoms with Crippen molar-refractivity contribution in [2.75, 3.05) is 0 Å². The van der Waals surface area contributed by atoms with Crippen molar-refractivity contribution >= 4 is 23.2 Å². The predicted molar refractivity (Wildman–Crippen MR) is 93.0 cm³/mol. The molecular formula is C20H19NO3. The summed E-state index contributed by atoms with van der Waals surface area (Å²) in [6.07, 6.45) is 0.196. The monoisotopic (exact) mass is 321 g/mol. The Morgan fingerprint density at radius 1 is 1.12 bits per heavy atom. The zero-order chi connectivity index (χ0) is 17.1. The van der Waals surface area contributed by atoms with Crippen LogP contribution in [-0.4, -0.2) is 16.8 Å². The van der Waals surface area contributed by atoms with Crippen molar-refractivity contribution in [1.29, 1.82) is 0 Å². The van der Waals surface area contributed by atoms with Crippen LogP contribution in [0.15, 0.2) is 54.6 Å². The highest BCUT2D eigenvalue weighted by Gasteiger charge is 2.24. The van der Waals surface area contributed by atoms with E-state index in [4.69, 9.17) is 4.74 Å². The van der Waals surface area contributed by atoms with Crippen molar-refractivity contribution in [1.82, 2.24) is 4.57 Å². The lowest BCUT2D eigenvalue weighted by Crippen LogP contribution is -2.13. The summed E-state index contributed by atoms with van der Waals surface area (Å²) in [4.78, 5) is 23.9. The van der Waals surface area contributed by atoms with Gasteiger partial charge in [0.05, 0.1) is 11.1 Å². The molecule has 0 bridgehead atoms. The van der Waals surface area contributed by atoms with Gasteiger partial charge >= 0.3 is 0 Å². The number of rotatable bonds is 6. The van der Waals surface area contributed by atoms with Gasteiger partial charge in [-0.1, -0.05) is 55.5 Å². The van der Waals surface area contributed by atoms with Gasteiger partial charge in [0.25, 0.3) is 6.47 Å². The van der Waals surface area contributed by atoms with E-state index in [1.54, 1.807) is 0 Å². The van der Waals surface area contributed by atoms with Crippen LogP contribution in [0.1, 0.15) is 41.2 Å². The molecule has 0 saturated heterocycles. The minimum atomic E-state index is -0.426. The van der Waals surface area contributed by atoms with E-state index < -0.39 is 6.23 Å². The SMILES string of the molecule is CCC(OC=O)n1c(C)c(C(=O)c2ccccc2)c2ccccc21. The highest BCUT2D eigenvalue weighted by atomic mass is 16.5. The van der Waals surface area contributed by atoms with Crippen molar-refractivity contribution in [3.05, 3.63) is 71.4 Å². The fourth-order valence-electron chi connectivity index (χ4n) is 3.19. The van der Waals surface area contributed by atoms with Crippen LogP contribution >= 0.6 is 0 Å². The first-order valence-electron chi connectivity index (χ1n) is 7.97. The van der Waals surface area contributed by atoms with E-state index in [0.717, 1.165) is 16.6 Å². The second-order valence-electron chi connectivity index (χ2n) is 5.64. The second kappa shape index (κ2) is 6.71. The maximum Gasteiger partial charge on any atom is 0.295 e. The lowest BCUT2D eigenvalue weighted by molar-refractivity contribution is -0.137. The molecule has 2 aromatic carbocycles. The first-order valence-corrected chi connectivity index (χ1v) is 7.97. The Kier molecular flexibility index (Phi) is 4.47. The Labute approximate surface area is 140 Å². The maximum atomic E-state index is 13.0. The highest BCUT2D eigenvalue weighted by Crippen LogP contribution is 2.32. The third kappa shape index (κ3) is 2.60. The van der Waals surface area contributed by atoms with E-state index in [2.05, 4.69) is 0 Å². The van der Waals surface area contributed by atoms with Crippen molar-refractivity contribution < 1.29 is 14.3 Å². The van der Waals surface area contributed by atoms with Crippen LogP contribution < -0.4 is 0 Å². The number of aromatic nitrogens is 1. The molecule has 24 heavy (non-hydrogen) atoms. The number of benzene rings is 2.